The lowest BCUT2D eigenvalue weighted by Gasteiger charge is -2.09. The molecule has 0 saturated carbocycles. The van der Waals surface area contributed by atoms with Crippen molar-refractivity contribution in [3.05, 3.63) is 28.8 Å². The zero-order valence-corrected chi connectivity index (χ0v) is 19.9. The Labute approximate surface area is 192 Å². The molecule has 180 valence electrons. The molecular weight excluding hydrogens is 423 g/mol. The fourth-order valence-electron chi connectivity index (χ4n) is 3.59. The van der Waals surface area contributed by atoms with E-state index in [2.05, 4.69) is 6.92 Å². The largest absolute Gasteiger partial charge is 0.418 e. The lowest BCUT2D eigenvalue weighted by molar-refractivity contribution is -0.136. The summed E-state index contributed by atoms with van der Waals surface area (Å²) in [6, 6.07) is 3.41. The molecule has 31 heavy (non-hydrogen) atoms. The fraction of sp³-hybridized carbons (Fsp3) is 0.760. The van der Waals surface area contributed by atoms with Crippen LogP contribution in [0.15, 0.2) is 18.2 Å². The molecule has 0 aliphatic carbocycles. The Balaban J connectivity index is 0.000000343. The molecule has 1 unspecified atom stereocenters. The number of para-hydroxylation sites is 1. The summed E-state index contributed by atoms with van der Waals surface area (Å²) in [5, 5.41) is -0.0789. The summed E-state index contributed by atoms with van der Waals surface area (Å²) in [6.07, 6.45) is 17.8. The van der Waals surface area contributed by atoms with Gasteiger partial charge in [-0.2, -0.15) is 13.2 Å². The van der Waals surface area contributed by atoms with Gasteiger partial charge in [0.2, 0.25) is 0 Å². The number of halogens is 4. The minimum Gasteiger partial charge on any atom is -0.397 e. The second kappa shape index (κ2) is 16.7. The van der Waals surface area contributed by atoms with E-state index >= 15 is 0 Å². The third-order valence-electron chi connectivity index (χ3n) is 5.64. The number of alkyl halides is 3. The third kappa shape index (κ3) is 14.7. The standard InChI is InChI=1S/C18H36O.C7H5ClF3N/c1-2-3-4-5-6-7-8-9-10-11-12-13-14-15-16-18-17-19-18;8-5-3-1-2-4(6(5)12)7(9,10)11/h18H,2-17H2,1H3;1-3H,12H2. The number of unbranched alkanes of at least 4 members (excludes halogenated alkanes) is 13. The molecule has 0 aromatic heterocycles. The molecule has 2 N–H and O–H groups in total. The molecule has 1 aromatic carbocycles. The van der Waals surface area contributed by atoms with Crippen LogP contribution < -0.4 is 5.73 Å². The van der Waals surface area contributed by atoms with Gasteiger partial charge in [0.25, 0.3) is 0 Å². The highest BCUT2D eigenvalue weighted by molar-refractivity contribution is 6.33. The van der Waals surface area contributed by atoms with Crippen LogP contribution in [0.25, 0.3) is 0 Å². The van der Waals surface area contributed by atoms with E-state index in [1.807, 2.05) is 0 Å². The van der Waals surface area contributed by atoms with Gasteiger partial charge >= 0.3 is 6.18 Å². The molecule has 0 radical (unpaired) electrons. The molecule has 1 aromatic rings. The van der Waals surface area contributed by atoms with E-state index in [0.29, 0.717) is 6.10 Å². The van der Waals surface area contributed by atoms with E-state index in [1.165, 1.54) is 108 Å². The maximum absolute atomic E-state index is 12.1. The summed E-state index contributed by atoms with van der Waals surface area (Å²) < 4.78 is 41.5. The fourth-order valence-corrected chi connectivity index (χ4v) is 3.76. The van der Waals surface area contributed by atoms with Gasteiger partial charge in [-0.1, -0.05) is 114 Å². The van der Waals surface area contributed by atoms with E-state index in [0.717, 1.165) is 12.7 Å². The topological polar surface area (TPSA) is 38.5 Å². The molecule has 1 saturated heterocycles. The lowest BCUT2D eigenvalue weighted by atomic mass is 10.0. The summed E-state index contributed by atoms with van der Waals surface area (Å²) >= 11 is 5.39. The molecule has 6 heteroatoms. The summed E-state index contributed by atoms with van der Waals surface area (Å²) in [6.45, 7) is 3.33. The highest BCUT2D eigenvalue weighted by atomic mass is 35.5. The first-order chi connectivity index (χ1) is 14.9. The van der Waals surface area contributed by atoms with Crippen molar-refractivity contribution in [1.29, 1.82) is 0 Å². The number of nitrogens with two attached hydrogens (primary N) is 1. The zero-order chi connectivity index (χ0) is 23.0. The van der Waals surface area contributed by atoms with Crippen LogP contribution >= 0.6 is 11.6 Å². The SMILES string of the molecule is CCCCCCCCCCCCCCCCC1CO1.Nc1c(Cl)cccc1C(F)(F)F. The number of hydrogen-bond acceptors (Lipinski definition) is 2. The molecule has 1 heterocycles. The maximum atomic E-state index is 12.1. The predicted octanol–water partition coefficient (Wildman–Crippen LogP) is 9.20. The minimum atomic E-state index is -4.44. The Morgan fingerprint density at radius 2 is 1.32 bits per heavy atom. The predicted molar refractivity (Wildman–Crippen MR) is 126 cm³/mol. The Hall–Kier alpha value is -0.940. The van der Waals surface area contributed by atoms with Crippen molar-refractivity contribution >= 4 is 17.3 Å². The monoisotopic (exact) mass is 463 g/mol. The molecule has 1 aliphatic heterocycles. The highest BCUT2D eigenvalue weighted by Gasteiger charge is 2.33. The van der Waals surface area contributed by atoms with E-state index in [4.69, 9.17) is 22.1 Å². The van der Waals surface area contributed by atoms with Crippen LogP contribution in [0.3, 0.4) is 0 Å². The Bertz CT molecular complexity index is 576. The van der Waals surface area contributed by atoms with Crippen LogP contribution in [0.1, 0.15) is 109 Å². The van der Waals surface area contributed by atoms with E-state index < -0.39 is 17.4 Å². The molecule has 0 amide bonds. The van der Waals surface area contributed by atoms with Crippen molar-refractivity contribution in [1.82, 2.24) is 0 Å². The number of rotatable bonds is 15. The molecule has 2 rings (SSSR count). The Kier molecular flexibility index (Phi) is 15.1. The van der Waals surface area contributed by atoms with Crippen LogP contribution in [0.4, 0.5) is 18.9 Å². The number of hydrogen-bond donors (Lipinski definition) is 1. The van der Waals surface area contributed by atoms with Gasteiger partial charge < -0.3 is 10.5 Å². The average molecular weight is 464 g/mol. The summed E-state index contributed by atoms with van der Waals surface area (Å²) in [7, 11) is 0. The van der Waals surface area contributed by atoms with Crippen molar-refractivity contribution in [3.8, 4) is 0 Å². The molecule has 2 nitrogen and oxygen atoms in total. The van der Waals surface area contributed by atoms with Crippen molar-refractivity contribution in [2.45, 2.75) is 116 Å². The molecule has 0 spiro atoms. The Morgan fingerprint density at radius 3 is 1.71 bits per heavy atom. The number of epoxide rings is 1. The molecule has 1 aliphatic rings. The second-order valence-corrected chi connectivity index (χ2v) is 8.95. The van der Waals surface area contributed by atoms with Gasteiger partial charge in [0.05, 0.1) is 29.0 Å². The number of nitrogen functional groups attached to an aromatic ring is 1. The van der Waals surface area contributed by atoms with Crippen molar-refractivity contribution in [3.63, 3.8) is 0 Å². The first-order valence-electron chi connectivity index (χ1n) is 12.1. The van der Waals surface area contributed by atoms with E-state index in [1.54, 1.807) is 0 Å². The summed E-state index contributed by atoms with van der Waals surface area (Å²) in [5.41, 5.74) is 3.80. The minimum absolute atomic E-state index is 0.0789. The molecule has 1 fully saturated rings. The zero-order valence-electron chi connectivity index (χ0n) is 19.1. The van der Waals surface area contributed by atoms with Gasteiger partial charge in [-0.25, -0.2) is 0 Å². The number of anilines is 1. The van der Waals surface area contributed by atoms with Crippen molar-refractivity contribution in [2.24, 2.45) is 0 Å². The van der Waals surface area contributed by atoms with Crippen LogP contribution in [-0.2, 0) is 10.9 Å². The highest BCUT2D eigenvalue weighted by Crippen LogP contribution is 2.36. The molecular formula is C25H41ClF3NO. The van der Waals surface area contributed by atoms with Gasteiger partial charge in [0, 0.05) is 0 Å². The van der Waals surface area contributed by atoms with Crippen LogP contribution in [-0.4, -0.2) is 12.7 Å². The van der Waals surface area contributed by atoms with Crippen LogP contribution in [0.2, 0.25) is 5.02 Å². The lowest BCUT2D eigenvalue weighted by Crippen LogP contribution is -2.08. The van der Waals surface area contributed by atoms with Gasteiger partial charge in [-0.15, -0.1) is 0 Å². The van der Waals surface area contributed by atoms with E-state index in [-0.39, 0.29) is 5.02 Å². The van der Waals surface area contributed by atoms with Gasteiger partial charge in [-0.05, 0) is 18.6 Å². The van der Waals surface area contributed by atoms with Crippen molar-refractivity contribution in [2.75, 3.05) is 12.3 Å². The molecule has 1 atom stereocenters. The van der Waals surface area contributed by atoms with Gasteiger partial charge in [0.15, 0.2) is 0 Å². The average Bonchev–Trinajstić information content (AvgIpc) is 3.54. The summed E-state index contributed by atoms with van der Waals surface area (Å²) in [4.78, 5) is 0. The quantitative estimate of drug-likeness (QED) is 0.160. The Morgan fingerprint density at radius 1 is 0.871 bits per heavy atom. The normalized spacial score (nSPS) is 15.5. The summed E-state index contributed by atoms with van der Waals surface area (Å²) in [5.74, 6) is 0. The smallest absolute Gasteiger partial charge is 0.397 e. The third-order valence-corrected chi connectivity index (χ3v) is 5.97. The van der Waals surface area contributed by atoms with E-state index in [9.17, 15) is 13.2 Å². The number of ether oxygens (including phenoxy) is 1. The maximum Gasteiger partial charge on any atom is 0.418 e. The first kappa shape index (κ1) is 28.1. The molecule has 0 bridgehead atoms. The van der Waals surface area contributed by atoms with Gasteiger partial charge in [0.1, 0.15) is 0 Å². The number of benzene rings is 1. The van der Waals surface area contributed by atoms with Crippen LogP contribution in [0, 0.1) is 0 Å². The van der Waals surface area contributed by atoms with Crippen molar-refractivity contribution < 1.29 is 17.9 Å². The second-order valence-electron chi connectivity index (χ2n) is 8.54. The van der Waals surface area contributed by atoms with Gasteiger partial charge in [-0.3, -0.25) is 0 Å². The van der Waals surface area contributed by atoms with Crippen LogP contribution in [0.5, 0.6) is 0 Å². The first-order valence-corrected chi connectivity index (χ1v) is 12.5.